The van der Waals surface area contributed by atoms with E-state index in [4.69, 9.17) is 5.11 Å². The van der Waals surface area contributed by atoms with Crippen molar-refractivity contribution in [3.8, 4) is 0 Å². The average molecular weight is 317 g/mol. The van der Waals surface area contributed by atoms with Gasteiger partial charge < -0.3 is 10.0 Å². The van der Waals surface area contributed by atoms with E-state index < -0.39 is 11.9 Å². The van der Waals surface area contributed by atoms with Crippen LogP contribution in [0.15, 0.2) is 24.3 Å². The van der Waals surface area contributed by atoms with Crippen molar-refractivity contribution in [2.24, 2.45) is 5.92 Å². The fourth-order valence-corrected chi connectivity index (χ4v) is 3.19. The van der Waals surface area contributed by atoms with Crippen molar-refractivity contribution in [3.63, 3.8) is 0 Å². The molecule has 4 nitrogen and oxygen atoms in total. The molecule has 23 heavy (non-hydrogen) atoms. The highest BCUT2D eigenvalue weighted by atomic mass is 16.4. The maximum atomic E-state index is 12.4. The highest BCUT2D eigenvalue weighted by Gasteiger charge is 2.37. The van der Waals surface area contributed by atoms with Crippen LogP contribution < -0.4 is 0 Å². The Kier molecular flexibility index (Phi) is 5.12. The summed E-state index contributed by atoms with van der Waals surface area (Å²) < 4.78 is 0. The predicted octanol–water partition coefficient (Wildman–Crippen LogP) is 3.24. The van der Waals surface area contributed by atoms with Crippen LogP contribution in [-0.2, 0) is 21.4 Å². The monoisotopic (exact) mass is 317 g/mol. The Morgan fingerprint density at radius 1 is 1.22 bits per heavy atom. The summed E-state index contributed by atoms with van der Waals surface area (Å²) in [6.45, 7) is 8.93. The van der Waals surface area contributed by atoms with Gasteiger partial charge in [0.2, 0.25) is 5.91 Å². The topological polar surface area (TPSA) is 57.6 Å². The van der Waals surface area contributed by atoms with Crippen LogP contribution in [0, 0.1) is 5.92 Å². The van der Waals surface area contributed by atoms with Crippen molar-refractivity contribution in [1.82, 2.24) is 4.90 Å². The number of aliphatic carboxylic acids is 1. The quantitative estimate of drug-likeness (QED) is 0.927. The second-order valence-corrected chi connectivity index (χ2v) is 7.51. The number of aryl methyl sites for hydroxylation is 1. The summed E-state index contributed by atoms with van der Waals surface area (Å²) >= 11 is 0. The molecular formula is C19H27NO3. The minimum absolute atomic E-state index is 0.0566. The first-order valence-electron chi connectivity index (χ1n) is 8.32. The number of amides is 1. The van der Waals surface area contributed by atoms with Crippen LogP contribution in [-0.4, -0.2) is 34.5 Å². The molecule has 126 valence electrons. The van der Waals surface area contributed by atoms with Crippen molar-refractivity contribution >= 4 is 11.9 Å². The van der Waals surface area contributed by atoms with E-state index >= 15 is 0 Å². The van der Waals surface area contributed by atoms with E-state index in [-0.39, 0.29) is 17.4 Å². The lowest BCUT2D eigenvalue weighted by atomic mass is 9.86. The molecular weight excluding hydrogens is 290 g/mol. The summed E-state index contributed by atoms with van der Waals surface area (Å²) in [4.78, 5) is 25.2. The lowest BCUT2D eigenvalue weighted by Gasteiger charge is -2.23. The maximum absolute atomic E-state index is 12.4. The van der Waals surface area contributed by atoms with E-state index in [1.165, 1.54) is 5.56 Å². The fraction of sp³-hybridized carbons (Fsp3) is 0.579. The van der Waals surface area contributed by atoms with Gasteiger partial charge in [0.1, 0.15) is 0 Å². The van der Waals surface area contributed by atoms with Crippen LogP contribution in [0.25, 0.3) is 0 Å². The van der Waals surface area contributed by atoms with E-state index in [2.05, 4.69) is 45.0 Å². The first-order chi connectivity index (χ1) is 10.7. The minimum Gasteiger partial charge on any atom is -0.481 e. The number of likely N-dealkylation sites (tertiary alicyclic amines) is 1. The number of hydrogen-bond donors (Lipinski definition) is 1. The molecule has 0 bridgehead atoms. The Morgan fingerprint density at radius 2 is 1.83 bits per heavy atom. The van der Waals surface area contributed by atoms with Gasteiger partial charge in [-0.2, -0.15) is 0 Å². The highest BCUT2D eigenvalue weighted by molar-refractivity contribution is 5.79. The van der Waals surface area contributed by atoms with Gasteiger partial charge in [0.05, 0.1) is 5.92 Å². The van der Waals surface area contributed by atoms with Crippen molar-refractivity contribution in [1.29, 1.82) is 0 Å². The second-order valence-electron chi connectivity index (χ2n) is 7.51. The number of carbonyl (C=O) groups is 2. The zero-order valence-corrected chi connectivity index (χ0v) is 14.5. The maximum Gasteiger partial charge on any atom is 0.308 e. The average Bonchev–Trinajstić information content (AvgIpc) is 2.86. The highest BCUT2D eigenvalue weighted by Crippen LogP contribution is 2.26. The number of hydrogen-bond acceptors (Lipinski definition) is 2. The molecule has 1 heterocycles. The van der Waals surface area contributed by atoms with Crippen molar-refractivity contribution in [2.45, 2.75) is 58.4 Å². The Morgan fingerprint density at radius 3 is 2.30 bits per heavy atom. The van der Waals surface area contributed by atoms with Gasteiger partial charge in [-0.3, -0.25) is 9.59 Å². The lowest BCUT2D eigenvalue weighted by Crippen LogP contribution is -2.37. The Hall–Kier alpha value is -1.84. The Bertz CT molecular complexity index is 571. The first-order valence-corrected chi connectivity index (χ1v) is 8.32. The molecule has 1 aliphatic heterocycles. The molecule has 0 radical (unpaired) electrons. The first kappa shape index (κ1) is 17.5. The van der Waals surface area contributed by atoms with Gasteiger partial charge >= 0.3 is 5.97 Å². The molecule has 2 atom stereocenters. The zero-order chi connectivity index (χ0) is 17.2. The third-order valence-electron chi connectivity index (χ3n) is 4.84. The van der Waals surface area contributed by atoms with Gasteiger partial charge in [-0.15, -0.1) is 0 Å². The van der Waals surface area contributed by atoms with Gasteiger partial charge in [-0.05, 0) is 36.3 Å². The summed E-state index contributed by atoms with van der Waals surface area (Å²) in [6, 6.07) is 8.21. The van der Waals surface area contributed by atoms with Gasteiger partial charge in [0.25, 0.3) is 0 Å². The van der Waals surface area contributed by atoms with Gasteiger partial charge in [0, 0.05) is 19.0 Å². The summed E-state index contributed by atoms with van der Waals surface area (Å²) in [5.74, 6) is -1.17. The SMILES string of the molecule is CC1C(C(=O)O)CCN1C(=O)CCc1ccc(C(C)(C)C)cc1. The number of rotatable bonds is 4. The summed E-state index contributed by atoms with van der Waals surface area (Å²) in [5, 5.41) is 9.14. The molecule has 1 amide bonds. The van der Waals surface area contributed by atoms with Crippen LogP contribution in [0.2, 0.25) is 0 Å². The molecule has 0 saturated carbocycles. The van der Waals surface area contributed by atoms with Gasteiger partial charge in [-0.1, -0.05) is 45.0 Å². The van der Waals surface area contributed by atoms with E-state index in [1.807, 2.05) is 6.92 Å². The standard InChI is InChI=1S/C19H27NO3/c1-13-16(18(22)23)11-12-20(13)17(21)10-7-14-5-8-15(9-6-14)19(2,3)4/h5-6,8-9,13,16H,7,10-12H2,1-4H3,(H,22,23). The summed E-state index contributed by atoms with van der Waals surface area (Å²) in [7, 11) is 0. The van der Waals surface area contributed by atoms with E-state index in [9.17, 15) is 9.59 Å². The fourth-order valence-electron chi connectivity index (χ4n) is 3.19. The summed E-state index contributed by atoms with van der Waals surface area (Å²) in [5.41, 5.74) is 2.56. The molecule has 4 heteroatoms. The van der Waals surface area contributed by atoms with Gasteiger partial charge in [-0.25, -0.2) is 0 Å². The molecule has 0 aromatic heterocycles. The zero-order valence-electron chi connectivity index (χ0n) is 14.5. The molecule has 2 rings (SSSR count). The smallest absolute Gasteiger partial charge is 0.308 e. The van der Waals surface area contributed by atoms with Crippen molar-refractivity contribution < 1.29 is 14.7 Å². The molecule has 1 N–H and O–H groups in total. The molecule has 1 aromatic carbocycles. The minimum atomic E-state index is -0.800. The predicted molar refractivity (Wildman–Crippen MR) is 90.4 cm³/mol. The number of carbonyl (C=O) groups excluding carboxylic acids is 1. The number of nitrogens with zero attached hydrogens (tertiary/aromatic N) is 1. The second kappa shape index (κ2) is 6.73. The molecule has 1 saturated heterocycles. The van der Waals surface area contributed by atoms with E-state index in [1.54, 1.807) is 4.90 Å². The van der Waals surface area contributed by atoms with Crippen molar-refractivity contribution in [2.75, 3.05) is 6.54 Å². The Labute approximate surface area is 138 Å². The molecule has 0 spiro atoms. The largest absolute Gasteiger partial charge is 0.481 e. The molecule has 1 aromatic rings. The molecule has 2 unspecified atom stereocenters. The Balaban J connectivity index is 1.91. The van der Waals surface area contributed by atoms with Crippen LogP contribution in [0.1, 0.15) is 51.7 Å². The van der Waals surface area contributed by atoms with Crippen LogP contribution >= 0.6 is 0 Å². The lowest BCUT2D eigenvalue weighted by molar-refractivity contribution is -0.143. The molecule has 1 fully saturated rings. The van der Waals surface area contributed by atoms with E-state index in [0.717, 1.165) is 5.56 Å². The third-order valence-corrected chi connectivity index (χ3v) is 4.84. The third kappa shape index (κ3) is 4.12. The van der Waals surface area contributed by atoms with Crippen molar-refractivity contribution in [3.05, 3.63) is 35.4 Å². The molecule has 1 aliphatic rings. The van der Waals surface area contributed by atoms with Crippen LogP contribution in [0.5, 0.6) is 0 Å². The normalized spacial score (nSPS) is 21.5. The van der Waals surface area contributed by atoms with E-state index in [0.29, 0.717) is 25.8 Å². The van der Waals surface area contributed by atoms with Gasteiger partial charge in [0.15, 0.2) is 0 Å². The summed E-state index contributed by atoms with van der Waals surface area (Å²) in [6.07, 6.45) is 1.69. The molecule has 0 aliphatic carbocycles. The number of carboxylic acid groups (broad SMARTS) is 1. The van der Waals surface area contributed by atoms with Crippen LogP contribution in [0.3, 0.4) is 0 Å². The van der Waals surface area contributed by atoms with Crippen LogP contribution in [0.4, 0.5) is 0 Å². The number of benzene rings is 1. The number of carboxylic acids is 1.